The first-order valence-corrected chi connectivity index (χ1v) is 10.5. The molecule has 2 N–H and O–H groups in total. The maximum Gasteiger partial charge on any atom is 0.308 e. The fourth-order valence-corrected chi connectivity index (χ4v) is 4.18. The topological polar surface area (TPSA) is 161 Å². The smallest absolute Gasteiger partial charge is 0.308 e. The summed E-state index contributed by atoms with van der Waals surface area (Å²) in [5.74, 6) is -7.18. The van der Waals surface area contributed by atoms with Crippen LogP contribution in [0.2, 0.25) is 0 Å². The Morgan fingerprint density at radius 2 is 1.00 bits per heavy atom. The third kappa shape index (κ3) is 3.68. The minimum atomic E-state index is -0.974. The third-order valence-corrected chi connectivity index (χ3v) is 5.69. The van der Waals surface area contributed by atoms with Gasteiger partial charge in [0.2, 0.25) is 0 Å². The quantitative estimate of drug-likeness (QED) is 0.483. The van der Waals surface area contributed by atoms with Gasteiger partial charge < -0.3 is 19.7 Å². The molecule has 10 nitrogen and oxygen atoms in total. The molecule has 2 aromatic rings. The predicted octanol–water partition coefficient (Wildman–Crippen LogP) is 2.88. The highest BCUT2D eigenvalue weighted by molar-refractivity contribution is 6.36. The lowest BCUT2D eigenvalue weighted by atomic mass is 9.78. The molecule has 2 aromatic carbocycles. The summed E-state index contributed by atoms with van der Waals surface area (Å²) in [6, 6.07) is 2.52. The Morgan fingerprint density at radius 1 is 0.667 bits per heavy atom. The van der Waals surface area contributed by atoms with Crippen LogP contribution >= 0.6 is 0 Å². The molecular formula is C26H18O10. The highest BCUT2D eigenvalue weighted by Crippen LogP contribution is 2.44. The summed E-state index contributed by atoms with van der Waals surface area (Å²) in [5.41, 5.74) is -1.93. The van der Waals surface area contributed by atoms with Crippen LogP contribution in [0.1, 0.15) is 66.4 Å². The van der Waals surface area contributed by atoms with Gasteiger partial charge in [-0.2, -0.15) is 0 Å². The number of rotatable bonds is 3. The van der Waals surface area contributed by atoms with E-state index in [4.69, 9.17) is 9.47 Å². The zero-order chi connectivity index (χ0) is 26.6. The Morgan fingerprint density at radius 3 is 1.31 bits per heavy atom. The summed E-state index contributed by atoms with van der Waals surface area (Å²) >= 11 is 0. The summed E-state index contributed by atoms with van der Waals surface area (Å²) in [6.45, 7) is 5.10. The first kappa shape index (κ1) is 24.3. The lowest BCUT2D eigenvalue weighted by molar-refractivity contribution is -0.133. The number of benzene rings is 2. The number of aromatic hydroxyl groups is 2. The number of fused-ring (bicyclic) bond motifs is 2. The van der Waals surface area contributed by atoms with Gasteiger partial charge in [-0.15, -0.1) is 0 Å². The maximum atomic E-state index is 13.4. The van der Waals surface area contributed by atoms with Crippen LogP contribution in [0, 0.1) is 13.8 Å². The fourth-order valence-electron chi connectivity index (χ4n) is 4.18. The predicted molar refractivity (Wildman–Crippen MR) is 122 cm³/mol. The van der Waals surface area contributed by atoms with Crippen LogP contribution in [0.5, 0.6) is 23.0 Å². The second-order valence-electron chi connectivity index (χ2n) is 8.28. The number of hydrogen-bond acceptors (Lipinski definition) is 10. The van der Waals surface area contributed by atoms with Gasteiger partial charge in [0.15, 0.2) is 46.1 Å². The SMILES string of the molecule is CC(=O)Oc1c(C)cc2c(c1O)C(=O)C(C1=CC(=O)c3cc(C)c(OC(C)=O)c(O)c3C1=O)=CC2=O. The zero-order valence-electron chi connectivity index (χ0n) is 19.5. The monoisotopic (exact) mass is 490 g/mol. The molecule has 0 saturated carbocycles. The number of phenolic OH excluding ortho intramolecular Hbond substituents is 2. The standard InChI is InChI=1S/C26H18O10/c1-9-5-15-17(29)7-13(21(31)19(15)23(33)25(9)35-11(3)27)14-8-18(30)16-6-10(2)26(36-12(4)28)24(34)20(16)22(14)32/h5-8,33-34H,1-4H3. The Balaban J connectivity index is 1.87. The molecule has 0 atom stereocenters. The van der Waals surface area contributed by atoms with Crippen LogP contribution in [0.25, 0.3) is 0 Å². The maximum absolute atomic E-state index is 13.4. The molecule has 0 heterocycles. The normalized spacial score (nSPS) is 14.6. The van der Waals surface area contributed by atoms with Crippen molar-refractivity contribution >= 4 is 35.1 Å². The van der Waals surface area contributed by atoms with E-state index >= 15 is 0 Å². The molecule has 4 rings (SSSR count). The van der Waals surface area contributed by atoms with E-state index in [1.54, 1.807) is 0 Å². The molecule has 0 bridgehead atoms. The van der Waals surface area contributed by atoms with E-state index in [-0.39, 0.29) is 33.8 Å². The minimum Gasteiger partial charge on any atom is -0.504 e. The van der Waals surface area contributed by atoms with Crippen molar-refractivity contribution in [3.63, 3.8) is 0 Å². The van der Waals surface area contributed by atoms with Gasteiger partial charge in [-0.25, -0.2) is 0 Å². The van der Waals surface area contributed by atoms with Crippen molar-refractivity contribution < 1.29 is 48.5 Å². The van der Waals surface area contributed by atoms with Gasteiger partial charge in [0.1, 0.15) is 0 Å². The molecule has 0 aromatic heterocycles. The molecule has 0 saturated heterocycles. The molecule has 10 heteroatoms. The molecule has 2 aliphatic rings. The first-order valence-electron chi connectivity index (χ1n) is 10.5. The number of hydrogen-bond donors (Lipinski definition) is 2. The highest BCUT2D eigenvalue weighted by Gasteiger charge is 2.39. The number of Topliss-reactive ketones (excluding diaryl/α,β-unsaturated/α-hetero) is 2. The van der Waals surface area contributed by atoms with Crippen molar-refractivity contribution in [1.29, 1.82) is 0 Å². The average molecular weight is 490 g/mol. The highest BCUT2D eigenvalue weighted by atomic mass is 16.5. The van der Waals surface area contributed by atoms with E-state index in [2.05, 4.69) is 0 Å². The second-order valence-corrected chi connectivity index (χ2v) is 8.28. The molecule has 2 aliphatic carbocycles. The summed E-state index contributed by atoms with van der Waals surface area (Å²) in [5, 5.41) is 21.4. The summed E-state index contributed by atoms with van der Waals surface area (Å²) in [7, 11) is 0. The molecular weight excluding hydrogens is 472 g/mol. The molecule has 0 unspecified atom stereocenters. The van der Waals surface area contributed by atoms with Crippen LogP contribution in [-0.2, 0) is 9.59 Å². The number of carbonyl (C=O) groups excluding carboxylic acids is 6. The van der Waals surface area contributed by atoms with Crippen molar-refractivity contribution in [3.8, 4) is 23.0 Å². The number of allylic oxidation sites excluding steroid dienone is 4. The van der Waals surface area contributed by atoms with Crippen molar-refractivity contribution in [3.05, 3.63) is 68.8 Å². The number of ether oxygens (including phenoxy) is 2. The number of aryl methyl sites for hydroxylation is 2. The molecule has 0 aliphatic heterocycles. The van der Waals surface area contributed by atoms with E-state index in [0.29, 0.717) is 0 Å². The second kappa shape index (κ2) is 8.42. The van der Waals surface area contributed by atoms with E-state index in [1.807, 2.05) is 0 Å². The molecule has 0 spiro atoms. The van der Waals surface area contributed by atoms with E-state index in [0.717, 1.165) is 26.0 Å². The minimum absolute atomic E-state index is 0.180. The molecule has 0 amide bonds. The van der Waals surface area contributed by atoms with E-state index in [9.17, 15) is 39.0 Å². The third-order valence-electron chi connectivity index (χ3n) is 5.69. The summed E-state index contributed by atoms with van der Waals surface area (Å²) in [6.07, 6.45) is 1.71. The Hall–Kier alpha value is -4.86. The van der Waals surface area contributed by atoms with Crippen molar-refractivity contribution in [1.82, 2.24) is 0 Å². The Bertz CT molecular complexity index is 1420. The van der Waals surface area contributed by atoms with Gasteiger partial charge >= 0.3 is 11.9 Å². The van der Waals surface area contributed by atoms with E-state index in [1.165, 1.54) is 26.0 Å². The molecule has 0 fully saturated rings. The number of esters is 2. The number of carbonyl (C=O) groups is 6. The van der Waals surface area contributed by atoms with Gasteiger partial charge in [0, 0.05) is 36.1 Å². The van der Waals surface area contributed by atoms with Gasteiger partial charge in [-0.05, 0) is 49.3 Å². The van der Waals surface area contributed by atoms with Crippen LogP contribution in [0.3, 0.4) is 0 Å². The van der Waals surface area contributed by atoms with Crippen molar-refractivity contribution in [2.45, 2.75) is 27.7 Å². The lowest BCUT2D eigenvalue weighted by Crippen LogP contribution is -2.26. The van der Waals surface area contributed by atoms with Crippen molar-refractivity contribution in [2.75, 3.05) is 0 Å². The van der Waals surface area contributed by atoms with Crippen LogP contribution in [-0.4, -0.2) is 45.3 Å². The van der Waals surface area contributed by atoms with Crippen LogP contribution in [0.15, 0.2) is 35.4 Å². The van der Waals surface area contributed by atoms with Gasteiger partial charge in [0.05, 0.1) is 11.1 Å². The Labute approximate surface area is 203 Å². The average Bonchev–Trinajstić information content (AvgIpc) is 2.78. The van der Waals surface area contributed by atoms with Crippen LogP contribution < -0.4 is 9.47 Å². The van der Waals surface area contributed by atoms with Gasteiger partial charge in [-0.1, -0.05) is 0 Å². The summed E-state index contributed by atoms with van der Waals surface area (Å²) < 4.78 is 9.96. The van der Waals surface area contributed by atoms with Gasteiger partial charge in [0.25, 0.3) is 0 Å². The summed E-state index contributed by atoms with van der Waals surface area (Å²) in [4.78, 5) is 75.4. The lowest BCUT2D eigenvalue weighted by Gasteiger charge is -2.23. The van der Waals surface area contributed by atoms with Crippen molar-refractivity contribution in [2.24, 2.45) is 0 Å². The largest absolute Gasteiger partial charge is 0.504 e. The molecule has 182 valence electrons. The Kier molecular flexibility index (Phi) is 5.67. The zero-order valence-corrected chi connectivity index (χ0v) is 19.5. The van der Waals surface area contributed by atoms with Gasteiger partial charge in [-0.3, -0.25) is 28.8 Å². The van der Waals surface area contributed by atoms with Crippen LogP contribution in [0.4, 0.5) is 0 Å². The molecule has 0 radical (unpaired) electrons. The number of phenols is 2. The molecule has 36 heavy (non-hydrogen) atoms. The van der Waals surface area contributed by atoms with E-state index < -0.39 is 68.8 Å². The first-order chi connectivity index (χ1) is 16.8. The fraction of sp³-hybridized carbons (Fsp3) is 0.154. The number of ketones is 4.